The maximum absolute atomic E-state index is 13.6. The van der Waals surface area contributed by atoms with Gasteiger partial charge in [-0.25, -0.2) is 14.4 Å². The Kier molecular flexibility index (Phi) is 14.4. The predicted octanol–water partition coefficient (Wildman–Crippen LogP) is 1.11. The summed E-state index contributed by atoms with van der Waals surface area (Å²) < 4.78 is 83.0. The van der Waals surface area contributed by atoms with Gasteiger partial charge < -0.3 is 46.2 Å². The third-order valence-corrected chi connectivity index (χ3v) is 16.6. The molecular formula is C51H65N9O14S2. The molecule has 0 spiro atoms. The standard InChI is InChI=1S/C23H27N5O6S.C14H15N3O5.C10H15NO2S.C4H8O/c1-12(29)16-23(2,3)35-21-15(18(31)28(16)21)24-17(30)14(13-8-6-5-7-9-13)25-22(34)27-11-10-26(4)19(32)20(27)33;1-16-7-8-17(12(19)11(16)18)14(22)15-10(13(20)21)9-5-3-2-4-6-9;1-4(12)6-5-8(13)7(11)9(5)14-10(6,2)3;1-2-4-5-3-1/h5-9,14-16,21H,10-11H2,1-4H3,(H,24,30)(H,25,34);2-6,10H,7-8H2,1H3,(H,15,22)(H,20,21);5-7,9H,11H2,1-3H3;1-4H2/t14-,15-,16?,21?;10-;5?,6?,7-,9?;/m111./s1/i5D,6D,7D,8D,9D;2D,3D,4D,5D,6D;;. The van der Waals surface area contributed by atoms with Crippen molar-refractivity contribution in [1.29, 1.82) is 0 Å². The van der Waals surface area contributed by atoms with Gasteiger partial charge in [-0.3, -0.25) is 53.0 Å². The number of hydrogen-bond acceptors (Lipinski definition) is 16. The van der Waals surface area contributed by atoms with E-state index in [4.69, 9.17) is 24.2 Å². The normalized spacial score (nSPS) is 28.4. The highest BCUT2D eigenvalue weighted by atomic mass is 32.2. The number of carbonyl (C=O) groups excluding carboxylic acids is 11. The van der Waals surface area contributed by atoms with E-state index in [0.717, 1.165) is 23.0 Å². The average Bonchev–Trinajstić information content (AvgIpc) is 1.58. The first-order valence-electron chi connectivity index (χ1n) is 28.8. The highest BCUT2D eigenvalue weighted by molar-refractivity contribution is 8.02. The fraction of sp³-hybridized carbons (Fsp3) is 0.529. The summed E-state index contributed by atoms with van der Waals surface area (Å²) in [5.74, 6) is -7.86. The number of piperazine rings is 2. The van der Waals surface area contributed by atoms with Crippen LogP contribution in [0.5, 0.6) is 0 Å². The number of nitrogens with two attached hydrogens (primary N) is 1. The molecule has 410 valence electrons. The summed E-state index contributed by atoms with van der Waals surface area (Å²) in [6, 6.07) is -16.2. The number of aliphatic carboxylic acids is 1. The molecule has 7 aliphatic rings. The first-order chi connectivity index (χ1) is 39.8. The van der Waals surface area contributed by atoms with Gasteiger partial charge in [-0.2, -0.15) is 0 Å². The molecule has 6 heterocycles. The van der Waals surface area contributed by atoms with E-state index < -0.39 is 159 Å². The minimum absolute atomic E-state index is 0.0158. The molecule has 10 amide bonds. The van der Waals surface area contributed by atoms with Gasteiger partial charge in [0.1, 0.15) is 29.3 Å². The van der Waals surface area contributed by atoms with Crippen molar-refractivity contribution >= 4 is 94.3 Å². The Morgan fingerprint density at radius 2 is 1.17 bits per heavy atom. The Morgan fingerprint density at radius 3 is 1.61 bits per heavy atom. The molecule has 6 saturated heterocycles. The Morgan fingerprint density at radius 1 is 0.697 bits per heavy atom. The van der Waals surface area contributed by atoms with Crippen LogP contribution in [0, 0.1) is 11.8 Å². The average molecular weight is 1100 g/mol. The number of carbonyl (C=O) groups is 12. The lowest BCUT2D eigenvalue weighted by Gasteiger charge is -2.44. The molecule has 6 aliphatic heterocycles. The number of fused-ring (bicyclic) bond motifs is 2. The van der Waals surface area contributed by atoms with Crippen LogP contribution in [0.3, 0.4) is 0 Å². The van der Waals surface area contributed by atoms with E-state index in [1.165, 1.54) is 50.5 Å². The molecular weight excluding hydrogens is 1030 g/mol. The van der Waals surface area contributed by atoms with Gasteiger partial charge >= 0.3 is 41.7 Å². The highest BCUT2D eigenvalue weighted by Crippen LogP contribution is 2.57. The molecule has 9 rings (SSSR count). The number of nitrogens with zero attached hydrogens (tertiary/aromatic N) is 5. The number of imide groups is 2. The molecule has 0 radical (unpaired) electrons. The van der Waals surface area contributed by atoms with Crippen molar-refractivity contribution in [2.75, 3.05) is 53.5 Å². The quantitative estimate of drug-likeness (QED) is 0.173. The molecule has 76 heavy (non-hydrogen) atoms. The van der Waals surface area contributed by atoms with Crippen LogP contribution in [0.1, 0.15) is 91.3 Å². The molecule has 9 atom stereocenters. The van der Waals surface area contributed by atoms with Gasteiger partial charge in [-0.05, 0) is 65.5 Å². The first kappa shape index (κ1) is 45.5. The maximum Gasteiger partial charge on any atom is 0.330 e. The number of urea groups is 2. The minimum atomic E-state index is -2.02. The number of thioether (sulfide) groups is 2. The molecule has 0 aromatic heterocycles. The summed E-state index contributed by atoms with van der Waals surface area (Å²) in [5, 5.41) is 15.6. The SMILES string of the molecule is C1CCOC1.CC(=O)C1C2C(=O)[C@@H](N)C2SC1(C)C.[2H]c1c([2H])c([2H])c([C@@H](NC(=O)N2CCN(C)C(=O)C2=O)C(=O)N[C@@H]2C(=O)N3C2SC(C)(C)C3C(C)=O)c([2H])c1[2H].[2H]c1c([2H])c([2H])c([C@@H](NC(=O)N2CCN(C)C(=O)C2=O)C(=O)O)c([2H])c1[2H]. The molecule has 5 unspecified atom stereocenters. The van der Waals surface area contributed by atoms with Crippen molar-refractivity contribution in [2.45, 2.75) is 105 Å². The second kappa shape index (κ2) is 24.1. The van der Waals surface area contributed by atoms with Crippen LogP contribution in [-0.2, 0) is 52.7 Å². The van der Waals surface area contributed by atoms with Gasteiger partial charge in [0.05, 0.1) is 19.7 Å². The maximum atomic E-state index is 13.6. The number of β-lactam (4-membered cyclic amide) rings is 1. The Labute approximate surface area is 462 Å². The van der Waals surface area contributed by atoms with Crippen LogP contribution in [0.15, 0.2) is 60.4 Å². The fourth-order valence-electron chi connectivity index (χ4n) is 9.50. The fourth-order valence-corrected chi connectivity index (χ4v) is 13.1. The lowest BCUT2D eigenvalue weighted by atomic mass is 9.66. The van der Waals surface area contributed by atoms with Crippen molar-refractivity contribution in [3.8, 4) is 0 Å². The number of amides is 10. The van der Waals surface area contributed by atoms with Crippen LogP contribution in [0.4, 0.5) is 9.59 Å². The zero-order chi connectivity index (χ0) is 64.8. The number of likely N-dealkylation sites (N-methyl/N-ethyl adjacent to an activating group) is 2. The Balaban J connectivity index is 0.000000218. The van der Waals surface area contributed by atoms with Gasteiger partial charge in [0.25, 0.3) is 0 Å². The summed E-state index contributed by atoms with van der Waals surface area (Å²) in [4.78, 5) is 152. The number of Topliss-reactive ketones (excluding diaryl/α,β-unsaturated/α-hetero) is 3. The molecule has 0 bridgehead atoms. The smallest absolute Gasteiger partial charge is 0.330 e. The zero-order valence-electron chi connectivity index (χ0n) is 52.7. The van der Waals surface area contributed by atoms with E-state index in [9.17, 15) is 62.6 Å². The summed E-state index contributed by atoms with van der Waals surface area (Å²) in [6.07, 6.45) is 2.56. The Hall–Kier alpha value is -6.70. The number of ketones is 3. The van der Waals surface area contributed by atoms with Crippen molar-refractivity contribution < 1.29 is 81.1 Å². The van der Waals surface area contributed by atoms with E-state index in [1.54, 1.807) is 32.5 Å². The summed E-state index contributed by atoms with van der Waals surface area (Å²) in [5.41, 5.74) is 4.46. The van der Waals surface area contributed by atoms with Gasteiger partial charge in [-0.15, -0.1) is 23.5 Å². The number of carboxylic acid groups (broad SMARTS) is 1. The number of carboxylic acids is 1. The van der Waals surface area contributed by atoms with Crippen LogP contribution in [0.2, 0.25) is 0 Å². The molecule has 6 N–H and O–H groups in total. The van der Waals surface area contributed by atoms with E-state index in [2.05, 4.69) is 10.6 Å². The molecule has 7 fully saturated rings. The van der Waals surface area contributed by atoms with E-state index in [1.807, 2.05) is 19.2 Å². The number of nitrogens with one attached hydrogen (secondary N) is 3. The van der Waals surface area contributed by atoms with Crippen LogP contribution in [0.25, 0.3) is 0 Å². The van der Waals surface area contributed by atoms with Crippen molar-refractivity contribution in [3.05, 3.63) is 71.6 Å². The minimum Gasteiger partial charge on any atom is -0.479 e. The summed E-state index contributed by atoms with van der Waals surface area (Å²) in [7, 11) is 2.73. The highest BCUT2D eigenvalue weighted by Gasteiger charge is 2.64. The monoisotopic (exact) mass is 1100 g/mol. The number of ether oxygens (including phenoxy) is 1. The zero-order valence-corrected chi connectivity index (χ0v) is 44.4. The summed E-state index contributed by atoms with van der Waals surface area (Å²) >= 11 is 2.99. The largest absolute Gasteiger partial charge is 0.479 e. The first-order valence-corrected chi connectivity index (χ1v) is 25.6. The number of benzene rings is 2. The van der Waals surface area contributed by atoms with Crippen molar-refractivity contribution in [2.24, 2.45) is 17.6 Å². The lowest BCUT2D eigenvalue weighted by Crippen LogP contribution is -2.71. The third-order valence-electron chi connectivity index (χ3n) is 13.3. The van der Waals surface area contributed by atoms with Crippen LogP contribution >= 0.6 is 23.5 Å². The van der Waals surface area contributed by atoms with Crippen molar-refractivity contribution in [1.82, 2.24) is 40.4 Å². The van der Waals surface area contributed by atoms with E-state index >= 15 is 0 Å². The molecule has 2 aromatic carbocycles. The lowest BCUT2D eigenvalue weighted by molar-refractivity contribution is -0.154. The molecule has 23 nitrogen and oxygen atoms in total. The Bertz CT molecular complexity index is 3170. The van der Waals surface area contributed by atoms with Crippen LogP contribution < -0.4 is 21.7 Å². The molecule has 1 aliphatic carbocycles. The molecule has 1 saturated carbocycles. The van der Waals surface area contributed by atoms with Crippen LogP contribution in [-0.4, -0.2) is 192 Å². The molecule has 25 heteroatoms. The van der Waals surface area contributed by atoms with Gasteiger partial charge in [-0.1, -0.05) is 60.4 Å². The van der Waals surface area contributed by atoms with Gasteiger partial charge in [0, 0.05) is 80.1 Å². The van der Waals surface area contributed by atoms with E-state index in [-0.39, 0.29) is 71.4 Å². The third kappa shape index (κ3) is 12.4. The van der Waals surface area contributed by atoms with Gasteiger partial charge in [0.2, 0.25) is 11.8 Å². The second-order valence-corrected chi connectivity index (χ2v) is 23.1. The topological polar surface area (TPSA) is 313 Å². The summed E-state index contributed by atoms with van der Waals surface area (Å²) in [6.45, 7) is 12.3. The van der Waals surface area contributed by atoms with Crippen molar-refractivity contribution in [3.63, 3.8) is 0 Å². The second-order valence-electron chi connectivity index (χ2n) is 19.5. The predicted molar refractivity (Wildman–Crippen MR) is 277 cm³/mol. The molecule has 2 aromatic rings. The van der Waals surface area contributed by atoms with Gasteiger partial charge in [0.15, 0.2) is 17.6 Å². The van der Waals surface area contributed by atoms with E-state index in [0.29, 0.717) is 9.80 Å². The number of hydrogen-bond donors (Lipinski definition) is 5. The number of rotatable bonds is 9.